The van der Waals surface area contributed by atoms with Gasteiger partial charge in [-0.1, -0.05) is 34.6 Å². The predicted molar refractivity (Wildman–Crippen MR) is 50.6 cm³/mol. The molecule has 0 unspecified atom stereocenters. The zero-order chi connectivity index (χ0) is 11.1. The summed E-state index contributed by atoms with van der Waals surface area (Å²) in [5, 5.41) is 0. The first-order valence-electron chi connectivity index (χ1n) is 5.07. The van der Waals surface area contributed by atoms with Gasteiger partial charge in [0.1, 0.15) is 0 Å². The summed E-state index contributed by atoms with van der Waals surface area (Å²) in [6, 6.07) is 0. The molecular weight excluding hydrogens is 177 g/mol. The highest BCUT2D eigenvalue weighted by atomic mass is 19.4. The molecule has 0 N–H and O–H groups in total. The van der Waals surface area contributed by atoms with Gasteiger partial charge in [0.25, 0.3) is 0 Å². The molecule has 0 aromatic rings. The minimum Gasteiger partial charge on any atom is -0.171 e. The largest absolute Gasteiger partial charge is 0.391 e. The summed E-state index contributed by atoms with van der Waals surface area (Å²) in [7, 11) is 0. The minimum atomic E-state index is -3.92. The quantitative estimate of drug-likeness (QED) is 0.531. The van der Waals surface area contributed by atoms with Crippen molar-refractivity contribution in [2.24, 2.45) is 11.8 Å². The normalized spacial score (nSPS) is 25.8. The van der Waals surface area contributed by atoms with Gasteiger partial charge in [0, 0.05) is 0 Å². The van der Waals surface area contributed by atoms with Gasteiger partial charge in [0.15, 0.2) is 0 Å². The van der Waals surface area contributed by atoms with E-state index in [1.54, 1.807) is 0 Å². The van der Waals surface area contributed by atoms with E-state index in [9.17, 15) is 13.2 Å². The van der Waals surface area contributed by atoms with Crippen LogP contribution in [0.1, 0.15) is 47.5 Å². The first-order chi connectivity index (χ1) is 6.00. The molecule has 1 aliphatic carbocycles. The van der Waals surface area contributed by atoms with Crippen molar-refractivity contribution in [1.29, 1.82) is 0 Å². The van der Waals surface area contributed by atoms with Crippen molar-refractivity contribution in [3.05, 3.63) is 0 Å². The highest BCUT2D eigenvalue weighted by Crippen LogP contribution is 2.44. The molecule has 0 aliphatic heterocycles. The first-order valence-corrected chi connectivity index (χ1v) is 5.07. The van der Waals surface area contributed by atoms with Gasteiger partial charge in [0.2, 0.25) is 0 Å². The molecule has 0 atom stereocenters. The van der Waals surface area contributed by atoms with Gasteiger partial charge in [-0.15, -0.1) is 0 Å². The molecule has 1 rings (SSSR count). The average Bonchev–Trinajstić information content (AvgIpc) is 2.05. The van der Waals surface area contributed by atoms with Crippen molar-refractivity contribution in [2.75, 3.05) is 0 Å². The molecule has 13 heavy (non-hydrogen) atoms. The highest BCUT2D eigenvalue weighted by Gasteiger charge is 2.45. The Morgan fingerprint density at radius 3 is 1.31 bits per heavy atom. The maximum absolute atomic E-state index is 11.7. The van der Waals surface area contributed by atoms with E-state index in [1.807, 2.05) is 34.6 Å². The second-order valence-corrected chi connectivity index (χ2v) is 2.82. The van der Waals surface area contributed by atoms with Crippen LogP contribution in [0.5, 0.6) is 0 Å². The summed E-state index contributed by atoms with van der Waals surface area (Å²) in [6.45, 7) is 9.85. The first kappa shape index (κ1) is 15.3. The molecule has 0 bridgehead atoms. The molecule has 1 aliphatic rings. The zero-order valence-electron chi connectivity index (χ0n) is 9.20. The van der Waals surface area contributed by atoms with Gasteiger partial charge in [-0.05, 0) is 18.8 Å². The molecule has 0 nitrogen and oxygen atoms in total. The number of alkyl halides is 3. The molecule has 0 heterocycles. The minimum absolute atomic E-state index is 0.289. The van der Waals surface area contributed by atoms with Crippen LogP contribution in [0.25, 0.3) is 0 Å². The van der Waals surface area contributed by atoms with Gasteiger partial charge in [0.05, 0.1) is 5.92 Å². The van der Waals surface area contributed by atoms with Crippen LogP contribution in [0.4, 0.5) is 13.2 Å². The summed E-state index contributed by atoms with van der Waals surface area (Å²) in [5.41, 5.74) is 0. The van der Waals surface area contributed by atoms with Crippen LogP contribution >= 0.6 is 0 Å². The van der Waals surface area contributed by atoms with Crippen molar-refractivity contribution >= 4 is 0 Å². The molecule has 1 fully saturated rings. The lowest BCUT2D eigenvalue weighted by molar-refractivity contribution is -0.202. The van der Waals surface area contributed by atoms with Crippen LogP contribution in [0.15, 0.2) is 0 Å². The Labute approximate surface area is 79.5 Å². The second kappa shape index (κ2) is 7.22. The molecule has 0 aromatic carbocycles. The van der Waals surface area contributed by atoms with E-state index in [1.165, 1.54) is 0 Å². The molecular formula is C10H21F3. The number of rotatable bonds is 0. The molecule has 82 valence electrons. The topological polar surface area (TPSA) is 0 Å². The Morgan fingerprint density at radius 2 is 1.23 bits per heavy atom. The molecule has 3 heteroatoms. The van der Waals surface area contributed by atoms with Gasteiger partial charge in [-0.25, -0.2) is 0 Å². The number of hydrogen-bond acceptors (Lipinski definition) is 0. The fraction of sp³-hybridized carbons (Fsp3) is 1.00. The summed E-state index contributed by atoms with van der Waals surface area (Å²) >= 11 is 0. The van der Waals surface area contributed by atoms with Gasteiger partial charge >= 0.3 is 6.18 Å². The van der Waals surface area contributed by atoms with E-state index in [-0.39, 0.29) is 5.92 Å². The fourth-order valence-corrected chi connectivity index (χ4v) is 1.17. The van der Waals surface area contributed by atoms with Crippen molar-refractivity contribution in [1.82, 2.24) is 0 Å². The Bertz CT molecular complexity index is 101. The number of hydrogen-bond donors (Lipinski definition) is 0. The third-order valence-corrected chi connectivity index (χ3v) is 1.84. The lowest BCUT2D eigenvalue weighted by Crippen LogP contribution is -2.34. The molecule has 1 saturated carbocycles. The van der Waals surface area contributed by atoms with Crippen LogP contribution in [-0.2, 0) is 0 Å². The lowest BCUT2D eigenvalue weighted by Gasteiger charge is -2.33. The van der Waals surface area contributed by atoms with Crippen LogP contribution in [0, 0.1) is 11.8 Å². The summed E-state index contributed by atoms with van der Waals surface area (Å²) in [4.78, 5) is 0. The predicted octanol–water partition coefficient (Wildman–Crippen LogP) is 4.65. The summed E-state index contributed by atoms with van der Waals surface area (Å²) in [6.07, 6.45) is -3.25. The van der Waals surface area contributed by atoms with Crippen LogP contribution in [0.3, 0.4) is 0 Å². The Morgan fingerprint density at radius 1 is 0.923 bits per heavy atom. The lowest BCUT2D eigenvalue weighted by atomic mass is 9.76. The van der Waals surface area contributed by atoms with E-state index in [0.717, 1.165) is 0 Å². The Hall–Kier alpha value is -0.210. The fourth-order valence-electron chi connectivity index (χ4n) is 1.17. The van der Waals surface area contributed by atoms with Crippen molar-refractivity contribution in [3.63, 3.8) is 0 Å². The standard InChI is InChI=1S/C6H9F3.2C2H6/c1-4-2-5(3-4)6(7,8)9;2*1-2/h4-5H,2-3H2,1H3;2*1-2H3. The van der Waals surface area contributed by atoms with Gasteiger partial charge < -0.3 is 0 Å². The van der Waals surface area contributed by atoms with Crippen molar-refractivity contribution in [3.8, 4) is 0 Å². The van der Waals surface area contributed by atoms with E-state index >= 15 is 0 Å². The van der Waals surface area contributed by atoms with E-state index in [4.69, 9.17) is 0 Å². The van der Waals surface area contributed by atoms with E-state index in [0.29, 0.717) is 12.8 Å². The van der Waals surface area contributed by atoms with Crippen LogP contribution in [0.2, 0.25) is 0 Å². The van der Waals surface area contributed by atoms with Crippen molar-refractivity contribution in [2.45, 2.75) is 53.6 Å². The Balaban J connectivity index is 0. The van der Waals surface area contributed by atoms with Crippen LogP contribution < -0.4 is 0 Å². The smallest absolute Gasteiger partial charge is 0.171 e. The Kier molecular flexibility index (Phi) is 8.48. The maximum Gasteiger partial charge on any atom is 0.391 e. The van der Waals surface area contributed by atoms with E-state index in [2.05, 4.69) is 0 Å². The monoisotopic (exact) mass is 198 g/mol. The van der Waals surface area contributed by atoms with Gasteiger partial charge in [-0.3, -0.25) is 0 Å². The van der Waals surface area contributed by atoms with Crippen molar-refractivity contribution < 1.29 is 13.2 Å². The third kappa shape index (κ3) is 5.94. The maximum atomic E-state index is 11.7. The zero-order valence-corrected chi connectivity index (χ0v) is 9.20. The molecule has 0 saturated heterocycles. The molecule has 0 spiro atoms. The summed E-state index contributed by atoms with van der Waals surface area (Å²) < 4.78 is 35.0. The average molecular weight is 198 g/mol. The third-order valence-electron chi connectivity index (χ3n) is 1.84. The summed E-state index contributed by atoms with van der Waals surface area (Å²) in [5.74, 6) is -0.705. The highest BCUT2D eigenvalue weighted by molar-refractivity contribution is 4.81. The second-order valence-electron chi connectivity index (χ2n) is 2.82. The molecule has 0 aromatic heterocycles. The molecule has 0 amide bonds. The molecule has 0 radical (unpaired) electrons. The number of halogens is 3. The van der Waals surface area contributed by atoms with Crippen LogP contribution in [-0.4, -0.2) is 6.18 Å². The van der Waals surface area contributed by atoms with Gasteiger partial charge in [-0.2, -0.15) is 13.2 Å². The van der Waals surface area contributed by atoms with E-state index < -0.39 is 12.1 Å². The SMILES string of the molecule is CC.CC.CC1CC(C(F)(F)F)C1.